The van der Waals surface area contributed by atoms with E-state index in [0.29, 0.717) is 6.10 Å². The highest BCUT2D eigenvalue weighted by atomic mass is 16.5. The third-order valence-corrected chi connectivity index (χ3v) is 3.56. The van der Waals surface area contributed by atoms with Crippen molar-refractivity contribution in [3.63, 3.8) is 0 Å². The van der Waals surface area contributed by atoms with Gasteiger partial charge < -0.3 is 15.4 Å². The van der Waals surface area contributed by atoms with E-state index in [-0.39, 0.29) is 6.04 Å². The summed E-state index contributed by atoms with van der Waals surface area (Å²) < 4.78 is 5.73. The zero-order valence-electron chi connectivity index (χ0n) is 11.4. The molecule has 1 aliphatic rings. The van der Waals surface area contributed by atoms with Crippen LogP contribution in [-0.4, -0.2) is 25.8 Å². The Labute approximate surface area is 110 Å². The van der Waals surface area contributed by atoms with Crippen molar-refractivity contribution in [1.29, 1.82) is 0 Å². The van der Waals surface area contributed by atoms with E-state index < -0.39 is 0 Å². The maximum atomic E-state index is 5.87. The molecule has 18 heavy (non-hydrogen) atoms. The number of rotatable bonds is 4. The van der Waals surface area contributed by atoms with Gasteiger partial charge in [0.1, 0.15) is 0 Å². The first-order valence-electron chi connectivity index (χ1n) is 6.92. The summed E-state index contributed by atoms with van der Waals surface area (Å²) in [4.78, 5) is 2.41. The van der Waals surface area contributed by atoms with Crippen molar-refractivity contribution in [1.82, 2.24) is 0 Å². The summed E-state index contributed by atoms with van der Waals surface area (Å²) in [7, 11) is 0. The summed E-state index contributed by atoms with van der Waals surface area (Å²) >= 11 is 0. The van der Waals surface area contributed by atoms with Gasteiger partial charge in [-0.1, -0.05) is 12.1 Å². The smallest absolute Gasteiger partial charge is 0.0750 e. The fourth-order valence-corrected chi connectivity index (χ4v) is 2.53. The van der Waals surface area contributed by atoms with Crippen LogP contribution in [0.4, 0.5) is 5.69 Å². The van der Waals surface area contributed by atoms with E-state index in [1.165, 1.54) is 24.1 Å². The lowest BCUT2D eigenvalue weighted by atomic mass is 10.1. The van der Waals surface area contributed by atoms with E-state index in [4.69, 9.17) is 10.5 Å². The average Bonchev–Trinajstić information content (AvgIpc) is 2.39. The number of anilines is 1. The number of nitrogens with two attached hydrogens (primary N) is 1. The Morgan fingerprint density at radius 1 is 1.39 bits per heavy atom. The zero-order chi connectivity index (χ0) is 13.0. The van der Waals surface area contributed by atoms with Gasteiger partial charge in [-0.15, -0.1) is 0 Å². The Morgan fingerprint density at radius 3 is 2.72 bits per heavy atom. The topological polar surface area (TPSA) is 38.5 Å². The molecule has 0 aromatic heterocycles. The molecular formula is C15H24N2O. The molecular weight excluding hydrogens is 224 g/mol. The van der Waals surface area contributed by atoms with Crippen LogP contribution in [0.2, 0.25) is 0 Å². The molecule has 1 saturated heterocycles. The van der Waals surface area contributed by atoms with Crippen molar-refractivity contribution >= 4 is 5.69 Å². The molecule has 0 amide bonds. The summed E-state index contributed by atoms with van der Waals surface area (Å²) in [5.41, 5.74) is 8.34. The SMILES string of the molecule is CCOC1CCCN(c2ccc([C@@H](C)N)cc2)C1. The molecule has 1 fully saturated rings. The van der Waals surface area contributed by atoms with Gasteiger partial charge in [-0.3, -0.25) is 0 Å². The highest BCUT2D eigenvalue weighted by Gasteiger charge is 2.20. The Balaban J connectivity index is 2.02. The van der Waals surface area contributed by atoms with Gasteiger partial charge in [0, 0.05) is 31.4 Å². The van der Waals surface area contributed by atoms with Gasteiger partial charge in [0.25, 0.3) is 0 Å². The van der Waals surface area contributed by atoms with Gasteiger partial charge in [-0.05, 0) is 44.4 Å². The van der Waals surface area contributed by atoms with Crippen LogP contribution in [-0.2, 0) is 4.74 Å². The minimum atomic E-state index is 0.108. The van der Waals surface area contributed by atoms with Gasteiger partial charge >= 0.3 is 0 Å². The first-order valence-corrected chi connectivity index (χ1v) is 6.92. The van der Waals surface area contributed by atoms with Crippen molar-refractivity contribution < 1.29 is 4.74 Å². The highest BCUT2D eigenvalue weighted by Crippen LogP contribution is 2.23. The quantitative estimate of drug-likeness (QED) is 0.890. The number of benzene rings is 1. The Hall–Kier alpha value is -1.06. The van der Waals surface area contributed by atoms with Crippen LogP contribution in [0.5, 0.6) is 0 Å². The van der Waals surface area contributed by atoms with Gasteiger partial charge in [-0.2, -0.15) is 0 Å². The summed E-state index contributed by atoms with van der Waals surface area (Å²) in [5, 5.41) is 0. The van der Waals surface area contributed by atoms with Crippen molar-refractivity contribution in [2.75, 3.05) is 24.6 Å². The molecule has 1 heterocycles. The van der Waals surface area contributed by atoms with E-state index in [1.54, 1.807) is 0 Å². The van der Waals surface area contributed by atoms with Crippen LogP contribution >= 0.6 is 0 Å². The number of piperidine rings is 1. The molecule has 1 aromatic carbocycles. The lowest BCUT2D eigenvalue weighted by Crippen LogP contribution is -2.39. The Bertz CT molecular complexity index is 359. The van der Waals surface area contributed by atoms with Gasteiger partial charge in [0.05, 0.1) is 6.10 Å². The molecule has 0 spiro atoms. The minimum Gasteiger partial charge on any atom is -0.377 e. The van der Waals surface area contributed by atoms with Crippen molar-refractivity contribution in [3.05, 3.63) is 29.8 Å². The third-order valence-electron chi connectivity index (χ3n) is 3.56. The second-order valence-electron chi connectivity index (χ2n) is 5.05. The molecule has 2 rings (SSSR count). The second kappa shape index (κ2) is 6.21. The second-order valence-corrected chi connectivity index (χ2v) is 5.05. The van der Waals surface area contributed by atoms with E-state index >= 15 is 0 Å². The Kier molecular flexibility index (Phi) is 4.61. The predicted molar refractivity (Wildman–Crippen MR) is 75.9 cm³/mol. The molecule has 0 aliphatic carbocycles. The van der Waals surface area contributed by atoms with Crippen LogP contribution in [0.15, 0.2) is 24.3 Å². The molecule has 0 bridgehead atoms. The number of hydrogen-bond donors (Lipinski definition) is 1. The molecule has 1 aromatic rings. The summed E-state index contributed by atoms with van der Waals surface area (Å²) in [6.45, 7) is 7.02. The normalized spacial score (nSPS) is 21.9. The van der Waals surface area contributed by atoms with E-state index in [0.717, 1.165) is 19.7 Å². The lowest BCUT2D eigenvalue weighted by Gasteiger charge is -2.34. The van der Waals surface area contributed by atoms with E-state index in [9.17, 15) is 0 Å². The van der Waals surface area contributed by atoms with Gasteiger partial charge in [0.15, 0.2) is 0 Å². The predicted octanol–water partition coefficient (Wildman–Crippen LogP) is 2.71. The standard InChI is InChI=1S/C15H24N2O/c1-3-18-15-5-4-10-17(11-15)14-8-6-13(7-9-14)12(2)16/h6-9,12,15H,3-5,10-11,16H2,1-2H3/t12-,15?/m1/s1. The molecule has 3 heteroatoms. The molecule has 1 unspecified atom stereocenters. The maximum absolute atomic E-state index is 5.87. The van der Waals surface area contributed by atoms with Crippen molar-refractivity contribution in [2.24, 2.45) is 5.73 Å². The van der Waals surface area contributed by atoms with Crippen molar-refractivity contribution in [3.8, 4) is 0 Å². The summed E-state index contributed by atoms with van der Waals surface area (Å²) in [6.07, 6.45) is 2.78. The third kappa shape index (κ3) is 3.24. The Morgan fingerprint density at radius 2 is 2.11 bits per heavy atom. The van der Waals surface area contributed by atoms with Crippen LogP contribution in [0, 0.1) is 0 Å². The monoisotopic (exact) mass is 248 g/mol. The van der Waals surface area contributed by atoms with Gasteiger partial charge in [-0.25, -0.2) is 0 Å². The first kappa shape index (κ1) is 13.4. The van der Waals surface area contributed by atoms with Crippen LogP contribution in [0.3, 0.4) is 0 Å². The fraction of sp³-hybridized carbons (Fsp3) is 0.600. The molecule has 2 N–H and O–H groups in total. The largest absolute Gasteiger partial charge is 0.377 e. The molecule has 0 radical (unpaired) electrons. The van der Waals surface area contributed by atoms with E-state index in [1.807, 2.05) is 6.92 Å². The number of hydrogen-bond acceptors (Lipinski definition) is 3. The molecule has 0 saturated carbocycles. The van der Waals surface area contributed by atoms with Crippen LogP contribution < -0.4 is 10.6 Å². The summed E-state index contributed by atoms with van der Waals surface area (Å²) in [6, 6.07) is 8.71. The van der Waals surface area contributed by atoms with Crippen LogP contribution in [0.1, 0.15) is 38.3 Å². The molecule has 100 valence electrons. The summed E-state index contributed by atoms with van der Waals surface area (Å²) in [5.74, 6) is 0. The molecule has 2 atom stereocenters. The molecule has 1 aliphatic heterocycles. The lowest BCUT2D eigenvalue weighted by molar-refractivity contribution is 0.0527. The highest BCUT2D eigenvalue weighted by molar-refractivity contribution is 5.48. The maximum Gasteiger partial charge on any atom is 0.0750 e. The minimum absolute atomic E-state index is 0.108. The first-order chi connectivity index (χ1) is 8.70. The number of nitrogens with zero attached hydrogens (tertiary/aromatic N) is 1. The fourth-order valence-electron chi connectivity index (χ4n) is 2.53. The molecule has 3 nitrogen and oxygen atoms in total. The van der Waals surface area contributed by atoms with E-state index in [2.05, 4.69) is 36.1 Å². The van der Waals surface area contributed by atoms with Gasteiger partial charge in [0.2, 0.25) is 0 Å². The van der Waals surface area contributed by atoms with Crippen molar-refractivity contribution in [2.45, 2.75) is 38.8 Å². The average molecular weight is 248 g/mol. The van der Waals surface area contributed by atoms with Crippen LogP contribution in [0.25, 0.3) is 0 Å². The zero-order valence-corrected chi connectivity index (χ0v) is 11.4. The number of ether oxygens (including phenoxy) is 1.